The molecule has 0 radical (unpaired) electrons. The highest BCUT2D eigenvalue weighted by Crippen LogP contribution is 2.30. The Morgan fingerprint density at radius 3 is 2.63 bits per heavy atom. The number of hydrogen-bond acceptors (Lipinski definition) is 3. The summed E-state index contributed by atoms with van der Waals surface area (Å²) in [5.74, 6) is 0.302. The van der Waals surface area contributed by atoms with Gasteiger partial charge in [-0.05, 0) is 39.0 Å². The van der Waals surface area contributed by atoms with Gasteiger partial charge in [0, 0.05) is 22.3 Å². The lowest BCUT2D eigenvalue weighted by Crippen LogP contribution is -2.31. The Labute approximate surface area is 169 Å². The van der Waals surface area contributed by atoms with Crippen LogP contribution in [0.3, 0.4) is 0 Å². The molecule has 1 amide bonds. The summed E-state index contributed by atoms with van der Waals surface area (Å²) >= 11 is 7.63. The lowest BCUT2D eigenvalue weighted by molar-refractivity contribution is -0.119. The molecule has 0 unspecified atom stereocenters. The normalized spacial score (nSPS) is 11.0. The zero-order valence-electron chi connectivity index (χ0n) is 15.6. The standard InChI is InChI=1S/C21H22ClN3OS/c1-14(2)24-20(26)13-27-21-23-12-19(16-9-7-15(3)8-10-16)25(21)18-6-4-5-17(22)11-18/h4-12,14H,13H2,1-3H3,(H,24,26). The molecule has 1 aromatic heterocycles. The first-order valence-electron chi connectivity index (χ1n) is 8.77. The predicted octanol–water partition coefficient (Wildman–Crippen LogP) is 5.12. The Morgan fingerprint density at radius 2 is 1.96 bits per heavy atom. The molecule has 6 heteroatoms. The van der Waals surface area contributed by atoms with Gasteiger partial charge in [0.1, 0.15) is 0 Å². The van der Waals surface area contributed by atoms with Crippen LogP contribution >= 0.6 is 23.4 Å². The van der Waals surface area contributed by atoms with Gasteiger partial charge in [-0.25, -0.2) is 4.98 Å². The monoisotopic (exact) mass is 399 g/mol. The van der Waals surface area contributed by atoms with Crippen molar-refractivity contribution in [2.24, 2.45) is 0 Å². The smallest absolute Gasteiger partial charge is 0.230 e. The fourth-order valence-electron chi connectivity index (χ4n) is 2.72. The lowest BCUT2D eigenvalue weighted by atomic mass is 10.1. The minimum Gasteiger partial charge on any atom is -0.353 e. The van der Waals surface area contributed by atoms with Gasteiger partial charge in [-0.1, -0.05) is 59.3 Å². The van der Waals surface area contributed by atoms with E-state index in [9.17, 15) is 4.79 Å². The van der Waals surface area contributed by atoms with Gasteiger partial charge >= 0.3 is 0 Å². The number of benzene rings is 2. The lowest BCUT2D eigenvalue weighted by Gasteiger charge is -2.13. The van der Waals surface area contributed by atoms with Crippen LogP contribution < -0.4 is 5.32 Å². The van der Waals surface area contributed by atoms with Gasteiger partial charge in [-0.2, -0.15) is 0 Å². The van der Waals surface area contributed by atoms with Gasteiger partial charge in [0.15, 0.2) is 5.16 Å². The average Bonchev–Trinajstić information content (AvgIpc) is 3.04. The van der Waals surface area contributed by atoms with Crippen LogP contribution in [0.25, 0.3) is 16.9 Å². The molecule has 0 saturated heterocycles. The molecule has 0 aliphatic heterocycles. The molecule has 0 spiro atoms. The van der Waals surface area contributed by atoms with Crippen molar-refractivity contribution < 1.29 is 4.79 Å². The predicted molar refractivity (Wildman–Crippen MR) is 113 cm³/mol. The summed E-state index contributed by atoms with van der Waals surface area (Å²) in [6.07, 6.45) is 1.84. The van der Waals surface area contributed by atoms with Crippen LogP contribution in [-0.2, 0) is 4.79 Å². The average molecular weight is 400 g/mol. The van der Waals surface area contributed by atoms with Crippen LogP contribution in [0.4, 0.5) is 0 Å². The summed E-state index contributed by atoms with van der Waals surface area (Å²) in [4.78, 5) is 16.6. The molecule has 1 N–H and O–H groups in total. The summed E-state index contributed by atoms with van der Waals surface area (Å²) in [6, 6.07) is 16.1. The molecule has 27 heavy (non-hydrogen) atoms. The molecule has 0 bridgehead atoms. The van der Waals surface area contributed by atoms with Gasteiger partial charge < -0.3 is 5.32 Å². The Hall–Kier alpha value is -2.24. The fourth-order valence-corrected chi connectivity index (χ4v) is 3.71. The fraction of sp³-hybridized carbons (Fsp3) is 0.238. The Balaban J connectivity index is 1.98. The molecule has 0 saturated carbocycles. The first kappa shape index (κ1) is 19.5. The molecule has 0 aliphatic rings. The molecular formula is C21H22ClN3OS. The SMILES string of the molecule is Cc1ccc(-c2cnc(SCC(=O)NC(C)C)n2-c2cccc(Cl)c2)cc1. The third kappa shape index (κ3) is 4.93. The molecule has 0 atom stereocenters. The van der Waals surface area contributed by atoms with Crippen LogP contribution in [0.1, 0.15) is 19.4 Å². The van der Waals surface area contributed by atoms with Crippen molar-refractivity contribution in [3.05, 3.63) is 65.3 Å². The van der Waals surface area contributed by atoms with Gasteiger partial charge in [0.05, 0.1) is 17.6 Å². The second-order valence-electron chi connectivity index (χ2n) is 6.62. The van der Waals surface area contributed by atoms with Gasteiger partial charge in [-0.3, -0.25) is 9.36 Å². The summed E-state index contributed by atoms with van der Waals surface area (Å²) < 4.78 is 2.05. The maximum absolute atomic E-state index is 12.1. The zero-order chi connectivity index (χ0) is 19.4. The quantitative estimate of drug-likeness (QED) is 0.585. The minimum atomic E-state index is -0.00692. The summed E-state index contributed by atoms with van der Waals surface area (Å²) in [6.45, 7) is 5.96. The van der Waals surface area contributed by atoms with E-state index in [4.69, 9.17) is 11.6 Å². The summed E-state index contributed by atoms with van der Waals surface area (Å²) in [7, 11) is 0. The number of hydrogen-bond donors (Lipinski definition) is 1. The van der Waals surface area contributed by atoms with Crippen LogP contribution in [0.2, 0.25) is 5.02 Å². The van der Waals surface area contributed by atoms with Gasteiger partial charge in [-0.15, -0.1) is 0 Å². The number of amides is 1. The highest BCUT2D eigenvalue weighted by molar-refractivity contribution is 7.99. The Kier molecular flexibility index (Phi) is 6.24. The number of halogens is 1. The van der Waals surface area contributed by atoms with Crippen LogP contribution in [0.5, 0.6) is 0 Å². The molecule has 3 rings (SSSR count). The second-order valence-corrected chi connectivity index (χ2v) is 8.00. The first-order chi connectivity index (χ1) is 12.9. The van der Waals surface area contributed by atoms with Crippen molar-refractivity contribution in [3.8, 4) is 16.9 Å². The van der Waals surface area contributed by atoms with E-state index in [2.05, 4.69) is 41.5 Å². The molecule has 1 heterocycles. The van der Waals surface area contributed by atoms with E-state index in [0.717, 1.165) is 22.1 Å². The zero-order valence-corrected chi connectivity index (χ0v) is 17.1. The highest BCUT2D eigenvalue weighted by atomic mass is 35.5. The van der Waals surface area contributed by atoms with E-state index in [1.54, 1.807) is 0 Å². The van der Waals surface area contributed by atoms with E-state index in [0.29, 0.717) is 10.8 Å². The van der Waals surface area contributed by atoms with E-state index in [1.807, 2.05) is 48.9 Å². The number of thioether (sulfide) groups is 1. The maximum Gasteiger partial charge on any atom is 0.230 e. The number of aryl methyl sites for hydroxylation is 1. The van der Waals surface area contributed by atoms with E-state index < -0.39 is 0 Å². The largest absolute Gasteiger partial charge is 0.353 e. The number of nitrogens with one attached hydrogen (secondary N) is 1. The van der Waals surface area contributed by atoms with Crippen molar-refractivity contribution in [1.29, 1.82) is 0 Å². The molecule has 3 aromatic rings. The minimum absolute atomic E-state index is 0.00692. The highest BCUT2D eigenvalue weighted by Gasteiger charge is 2.16. The molecule has 0 aliphatic carbocycles. The number of carbonyl (C=O) groups excluding carboxylic acids is 1. The van der Waals surface area contributed by atoms with Crippen LogP contribution in [-0.4, -0.2) is 27.3 Å². The number of nitrogens with zero attached hydrogens (tertiary/aromatic N) is 2. The Morgan fingerprint density at radius 1 is 1.22 bits per heavy atom. The number of aromatic nitrogens is 2. The topological polar surface area (TPSA) is 46.9 Å². The van der Waals surface area contributed by atoms with E-state index in [1.165, 1.54) is 17.3 Å². The molecule has 2 aromatic carbocycles. The second kappa shape index (κ2) is 8.63. The third-order valence-electron chi connectivity index (χ3n) is 3.93. The Bertz CT molecular complexity index is 935. The maximum atomic E-state index is 12.1. The molecule has 140 valence electrons. The molecular weight excluding hydrogens is 378 g/mol. The van der Waals surface area contributed by atoms with Crippen molar-refractivity contribution in [2.45, 2.75) is 32.0 Å². The van der Waals surface area contributed by atoms with Crippen molar-refractivity contribution in [2.75, 3.05) is 5.75 Å². The van der Waals surface area contributed by atoms with Crippen LogP contribution in [0, 0.1) is 6.92 Å². The van der Waals surface area contributed by atoms with Crippen molar-refractivity contribution in [3.63, 3.8) is 0 Å². The van der Waals surface area contributed by atoms with Crippen molar-refractivity contribution in [1.82, 2.24) is 14.9 Å². The van der Waals surface area contributed by atoms with E-state index >= 15 is 0 Å². The van der Waals surface area contributed by atoms with Crippen molar-refractivity contribution >= 4 is 29.3 Å². The van der Waals surface area contributed by atoms with Gasteiger partial charge in [0.2, 0.25) is 5.91 Å². The number of imidazole rings is 1. The first-order valence-corrected chi connectivity index (χ1v) is 10.1. The number of carbonyl (C=O) groups is 1. The van der Waals surface area contributed by atoms with Crippen LogP contribution in [0.15, 0.2) is 59.9 Å². The molecule has 4 nitrogen and oxygen atoms in total. The third-order valence-corrected chi connectivity index (χ3v) is 5.11. The summed E-state index contributed by atoms with van der Waals surface area (Å²) in [5.41, 5.74) is 4.14. The molecule has 0 fully saturated rings. The van der Waals surface area contributed by atoms with E-state index in [-0.39, 0.29) is 11.9 Å². The van der Waals surface area contributed by atoms with Gasteiger partial charge in [0.25, 0.3) is 0 Å². The summed E-state index contributed by atoms with van der Waals surface area (Å²) in [5, 5.41) is 4.32. The number of rotatable bonds is 6.